The number of halogens is 1. The molecule has 1 aliphatic rings. The number of rotatable bonds is 4. The highest BCUT2D eigenvalue weighted by atomic mass is 32.2. The number of carbonyl (C=O) groups excluding carboxylic acids is 1. The number of nitrogens with one attached hydrogen (secondary N) is 2. The van der Waals surface area contributed by atoms with Crippen molar-refractivity contribution in [2.75, 3.05) is 18.4 Å². The minimum absolute atomic E-state index is 0.0478. The van der Waals surface area contributed by atoms with E-state index in [2.05, 4.69) is 10.3 Å². The fraction of sp³-hybridized carbons (Fsp3) is 0.273. The van der Waals surface area contributed by atoms with Crippen LogP contribution in [0.5, 0.6) is 0 Å². The lowest BCUT2D eigenvalue weighted by atomic mass is 9.98. The molecule has 1 saturated heterocycles. The minimum Gasteiger partial charge on any atom is -0.326 e. The average molecular weight is 444 g/mol. The summed E-state index contributed by atoms with van der Waals surface area (Å²) in [6.45, 7) is 2.00. The van der Waals surface area contributed by atoms with Crippen molar-refractivity contribution in [3.63, 3.8) is 0 Å². The molecule has 4 rings (SSSR count). The molecule has 1 atom stereocenters. The predicted octanol–water partition coefficient (Wildman–Crippen LogP) is 3.02. The summed E-state index contributed by atoms with van der Waals surface area (Å²) in [5, 5.41) is 3.29. The number of pyridine rings is 1. The van der Waals surface area contributed by atoms with Gasteiger partial charge < -0.3 is 10.3 Å². The number of hydrogen-bond donors (Lipinski definition) is 2. The summed E-state index contributed by atoms with van der Waals surface area (Å²) in [7, 11) is -3.81. The van der Waals surface area contributed by atoms with Crippen LogP contribution in [0.3, 0.4) is 0 Å². The molecule has 1 amide bonds. The van der Waals surface area contributed by atoms with Crippen LogP contribution < -0.4 is 10.9 Å². The van der Waals surface area contributed by atoms with E-state index in [1.165, 1.54) is 28.6 Å². The number of sulfonamides is 1. The zero-order valence-electron chi connectivity index (χ0n) is 16.9. The van der Waals surface area contributed by atoms with Gasteiger partial charge in [-0.25, -0.2) is 12.8 Å². The first-order valence-electron chi connectivity index (χ1n) is 9.94. The normalized spacial score (nSPS) is 17.5. The highest BCUT2D eigenvalue weighted by Gasteiger charge is 2.33. The van der Waals surface area contributed by atoms with Crippen molar-refractivity contribution in [2.24, 2.45) is 5.92 Å². The molecule has 1 unspecified atom stereocenters. The number of aromatic nitrogens is 1. The van der Waals surface area contributed by atoms with Gasteiger partial charge in [0.1, 0.15) is 5.82 Å². The van der Waals surface area contributed by atoms with Gasteiger partial charge >= 0.3 is 0 Å². The van der Waals surface area contributed by atoms with Crippen molar-refractivity contribution < 1.29 is 17.6 Å². The second-order valence-electron chi connectivity index (χ2n) is 7.73. The van der Waals surface area contributed by atoms with E-state index in [4.69, 9.17) is 0 Å². The summed E-state index contributed by atoms with van der Waals surface area (Å²) in [4.78, 5) is 26.9. The van der Waals surface area contributed by atoms with E-state index in [0.717, 1.165) is 0 Å². The Hall–Kier alpha value is -3.04. The van der Waals surface area contributed by atoms with Crippen LogP contribution in [-0.4, -0.2) is 36.7 Å². The lowest BCUT2D eigenvalue weighted by Gasteiger charge is -2.31. The van der Waals surface area contributed by atoms with E-state index in [9.17, 15) is 22.4 Å². The van der Waals surface area contributed by atoms with Gasteiger partial charge in [0.25, 0.3) is 0 Å². The number of amides is 1. The number of H-pyrrole nitrogens is 1. The summed E-state index contributed by atoms with van der Waals surface area (Å²) < 4.78 is 41.4. The smallest absolute Gasteiger partial charge is 0.248 e. The topological polar surface area (TPSA) is 99.3 Å². The van der Waals surface area contributed by atoms with Gasteiger partial charge in [-0.15, -0.1) is 0 Å². The Morgan fingerprint density at radius 3 is 2.74 bits per heavy atom. The van der Waals surface area contributed by atoms with Crippen LogP contribution in [0.2, 0.25) is 0 Å². The van der Waals surface area contributed by atoms with Crippen LogP contribution in [0.15, 0.2) is 58.2 Å². The van der Waals surface area contributed by atoms with Crippen LogP contribution in [0.4, 0.5) is 10.1 Å². The number of carbonyl (C=O) groups is 1. The third-order valence-corrected chi connectivity index (χ3v) is 7.39. The summed E-state index contributed by atoms with van der Waals surface area (Å²) in [5.74, 6) is -1.28. The molecule has 1 aromatic heterocycles. The maximum Gasteiger partial charge on any atom is 0.248 e. The van der Waals surface area contributed by atoms with Gasteiger partial charge in [-0.2, -0.15) is 4.31 Å². The van der Waals surface area contributed by atoms with Crippen LogP contribution in [0.25, 0.3) is 10.9 Å². The lowest BCUT2D eigenvalue weighted by molar-refractivity contribution is -0.120. The standard InChI is InChI=1S/C22H22FN3O4S/c1-14-4-6-17(12-19(14)23)24-22(28)16-3-2-10-26(13-16)31(29,30)18-7-8-20-15(11-18)5-9-21(27)25-20/h4-9,11-12,16H,2-3,10,13H2,1H3,(H,24,28)(H,25,27). The van der Waals surface area contributed by atoms with Crippen molar-refractivity contribution in [1.29, 1.82) is 0 Å². The Labute approximate surface area is 178 Å². The number of hydrogen-bond acceptors (Lipinski definition) is 4. The predicted molar refractivity (Wildman–Crippen MR) is 116 cm³/mol. The zero-order valence-corrected chi connectivity index (χ0v) is 17.7. The molecule has 162 valence electrons. The molecule has 3 aromatic rings. The summed E-state index contributed by atoms with van der Waals surface area (Å²) >= 11 is 0. The molecule has 9 heteroatoms. The Morgan fingerprint density at radius 1 is 1.16 bits per heavy atom. The first-order chi connectivity index (χ1) is 14.7. The van der Waals surface area contributed by atoms with Gasteiger partial charge in [-0.3, -0.25) is 9.59 Å². The molecule has 2 heterocycles. The Balaban J connectivity index is 1.53. The van der Waals surface area contributed by atoms with Gasteiger partial charge in [-0.05, 0) is 67.1 Å². The van der Waals surface area contributed by atoms with Crippen molar-refractivity contribution >= 4 is 32.5 Å². The number of nitrogens with zero attached hydrogens (tertiary/aromatic N) is 1. The number of fused-ring (bicyclic) bond motifs is 1. The first kappa shape index (κ1) is 21.2. The van der Waals surface area contributed by atoms with Crippen molar-refractivity contribution in [3.05, 3.63) is 70.3 Å². The molecule has 31 heavy (non-hydrogen) atoms. The van der Waals surface area contributed by atoms with Crippen LogP contribution in [0.1, 0.15) is 18.4 Å². The van der Waals surface area contributed by atoms with E-state index in [-0.39, 0.29) is 22.9 Å². The van der Waals surface area contributed by atoms with Crippen LogP contribution in [0, 0.1) is 18.7 Å². The largest absolute Gasteiger partial charge is 0.326 e. The van der Waals surface area contributed by atoms with Gasteiger partial charge in [0.05, 0.1) is 10.8 Å². The third kappa shape index (κ3) is 4.38. The molecule has 1 aliphatic heterocycles. The quantitative estimate of drug-likeness (QED) is 0.648. The highest BCUT2D eigenvalue weighted by Crippen LogP contribution is 2.26. The Kier molecular flexibility index (Phi) is 5.63. The maximum atomic E-state index is 13.8. The number of aromatic amines is 1. The number of benzene rings is 2. The third-order valence-electron chi connectivity index (χ3n) is 5.53. The SMILES string of the molecule is Cc1ccc(NC(=O)C2CCCN(S(=O)(=O)c3ccc4[nH]c(=O)ccc4c3)C2)cc1F. The van der Waals surface area contributed by atoms with Crippen LogP contribution in [-0.2, 0) is 14.8 Å². The van der Waals surface area contributed by atoms with E-state index in [1.54, 1.807) is 31.2 Å². The van der Waals surface area contributed by atoms with E-state index >= 15 is 0 Å². The average Bonchev–Trinajstić information content (AvgIpc) is 2.76. The van der Waals surface area contributed by atoms with Gasteiger partial charge in [0, 0.05) is 30.4 Å². The molecule has 2 N–H and O–H groups in total. The molecule has 0 spiro atoms. The molecule has 2 aromatic carbocycles. The molecular formula is C22H22FN3O4S. The lowest BCUT2D eigenvalue weighted by Crippen LogP contribution is -2.43. The number of anilines is 1. The first-order valence-corrected chi connectivity index (χ1v) is 11.4. The van der Waals surface area contributed by atoms with Crippen LogP contribution >= 0.6 is 0 Å². The fourth-order valence-electron chi connectivity index (χ4n) is 3.73. The summed E-state index contributed by atoms with van der Waals surface area (Å²) in [5.41, 5.74) is 1.11. The number of aryl methyl sites for hydroxylation is 1. The van der Waals surface area contributed by atoms with E-state index in [0.29, 0.717) is 41.5 Å². The van der Waals surface area contributed by atoms with Gasteiger partial charge in [0.2, 0.25) is 21.5 Å². The number of piperidine rings is 1. The molecule has 0 radical (unpaired) electrons. The van der Waals surface area contributed by atoms with Crippen molar-refractivity contribution in [1.82, 2.24) is 9.29 Å². The van der Waals surface area contributed by atoms with Crippen molar-refractivity contribution in [3.8, 4) is 0 Å². The second kappa shape index (κ2) is 8.24. The highest BCUT2D eigenvalue weighted by molar-refractivity contribution is 7.89. The summed E-state index contributed by atoms with van der Waals surface area (Å²) in [6, 6.07) is 11.9. The monoisotopic (exact) mass is 443 g/mol. The second-order valence-corrected chi connectivity index (χ2v) is 9.66. The van der Waals surface area contributed by atoms with Gasteiger partial charge in [-0.1, -0.05) is 6.07 Å². The molecular weight excluding hydrogens is 421 g/mol. The minimum atomic E-state index is -3.81. The molecule has 7 nitrogen and oxygen atoms in total. The fourth-order valence-corrected chi connectivity index (χ4v) is 5.29. The maximum absolute atomic E-state index is 13.8. The molecule has 1 fully saturated rings. The molecule has 0 bridgehead atoms. The van der Waals surface area contributed by atoms with E-state index < -0.39 is 21.8 Å². The zero-order chi connectivity index (χ0) is 22.2. The van der Waals surface area contributed by atoms with Gasteiger partial charge in [0.15, 0.2) is 0 Å². The molecule has 0 saturated carbocycles. The Morgan fingerprint density at radius 2 is 1.97 bits per heavy atom. The Bertz CT molecular complexity index is 1320. The summed E-state index contributed by atoms with van der Waals surface area (Å²) in [6.07, 6.45) is 1.09. The van der Waals surface area contributed by atoms with E-state index in [1.807, 2.05) is 0 Å². The molecule has 0 aliphatic carbocycles. The van der Waals surface area contributed by atoms with Crippen molar-refractivity contribution in [2.45, 2.75) is 24.7 Å².